The summed E-state index contributed by atoms with van der Waals surface area (Å²) in [5, 5.41) is 0. The minimum atomic E-state index is -0.783. The van der Waals surface area contributed by atoms with Crippen molar-refractivity contribution in [2.24, 2.45) is 0 Å². The maximum atomic E-state index is 13.9. The van der Waals surface area contributed by atoms with Gasteiger partial charge in [0, 0.05) is 18.4 Å². The first-order valence-corrected chi connectivity index (χ1v) is 6.29. The maximum absolute atomic E-state index is 13.9. The number of ketones is 1. The molecule has 0 saturated carbocycles. The Balaban J connectivity index is 2.16. The highest BCUT2D eigenvalue weighted by molar-refractivity contribution is 5.83. The average Bonchev–Trinajstić information content (AvgIpc) is 2.45. The van der Waals surface area contributed by atoms with Crippen molar-refractivity contribution in [2.75, 3.05) is 7.11 Å². The first kappa shape index (κ1) is 15.1. The zero-order valence-corrected chi connectivity index (χ0v) is 11.3. The average molecular weight is 294 g/mol. The molecule has 0 aliphatic carbocycles. The van der Waals surface area contributed by atoms with E-state index in [4.69, 9.17) is 4.74 Å². The quantitative estimate of drug-likeness (QED) is 0.844. The molecule has 0 aliphatic rings. The van der Waals surface area contributed by atoms with Crippen LogP contribution in [0.1, 0.15) is 11.1 Å². The smallest absolute Gasteiger partial charge is 0.168 e. The molecule has 0 aliphatic heterocycles. The van der Waals surface area contributed by atoms with E-state index in [1.807, 2.05) is 0 Å². The van der Waals surface area contributed by atoms with Crippen LogP contribution in [0.4, 0.5) is 13.2 Å². The van der Waals surface area contributed by atoms with Gasteiger partial charge < -0.3 is 4.74 Å². The van der Waals surface area contributed by atoms with E-state index in [1.54, 1.807) is 6.07 Å². The van der Waals surface area contributed by atoms with Crippen molar-refractivity contribution in [1.82, 2.24) is 0 Å². The van der Waals surface area contributed by atoms with E-state index in [9.17, 15) is 18.0 Å². The highest BCUT2D eigenvalue weighted by Crippen LogP contribution is 2.21. The first-order valence-electron chi connectivity index (χ1n) is 6.29. The molecule has 0 saturated heterocycles. The summed E-state index contributed by atoms with van der Waals surface area (Å²) < 4.78 is 45.6. The Morgan fingerprint density at radius 1 is 1.00 bits per heavy atom. The monoisotopic (exact) mass is 294 g/mol. The number of methoxy groups -OCH3 is 1. The van der Waals surface area contributed by atoms with Crippen molar-refractivity contribution in [3.05, 3.63) is 65.0 Å². The highest BCUT2D eigenvalue weighted by Gasteiger charge is 2.16. The molecule has 21 heavy (non-hydrogen) atoms. The van der Waals surface area contributed by atoms with Crippen molar-refractivity contribution in [2.45, 2.75) is 12.8 Å². The summed E-state index contributed by atoms with van der Waals surface area (Å²) in [6.07, 6.45) is -0.675. The van der Waals surface area contributed by atoms with Gasteiger partial charge in [0.2, 0.25) is 0 Å². The van der Waals surface area contributed by atoms with Gasteiger partial charge in [-0.2, -0.15) is 0 Å². The van der Waals surface area contributed by atoms with Crippen molar-refractivity contribution in [3.8, 4) is 5.75 Å². The van der Waals surface area contributed by atoms with Gasteiger partial charge in [-0.25, -0.2) is 13.2 Å². The van der Waals surface area contributed by atoms with E-state index in [0.717, 1.165) is 12.1 Å². The summed E-state index contributed by atoms with van der Waals surface area (Å²) >= 11 is 0. The zero-order valence-electron chi connectivity index (χ0n) is 11.3. The Morgan fingerprint density at radius 3 is 2.24 bits per heavy atom. The van der Waals surface area contributed by atoms with Crippen LogP contribution in [-0.4, -0.2) is 12.9 Å². The summed E-state index contributed by atoms with van der Waals surface area (Å²) in [5.41, 5.74) is -0.165. The summed E-state index contributed by atoms with van der Waals surface area (Å²) in [6.45, 7) is 0. The molecule has 0 aromatic heterocycles. The van der Waals surface area contributed by atoms with Crippen LogP contribution in [0, 0.1) is 17.5 Å². The first-order chi connectivity index (χ1) is 10.0. The largest absolute Gasteiger partial charge is 0.494 e. The minimum absolute atomic E-state index is 0.0253. The molecule has 0 radical (unpaired) electrons. The van der Waals surface area contributed by atoms with E-state index in [-0.39, 0.29) is 23.3 Å². The van der Waals surface area contributed by atoms with Crippen LogP contribution in [0.25, 0.3) is 0 Å². The second kappa shape index (κ2) is 6.43. The number of Topliss-reactive ketones (excluding diaryl/α,β-unsaturated/α-hetero) is 1. The van der Waals surface area contributed by atoms with Crippen LogP contribution >= 0.6 is 0 Å². The normalized spacial score (nSPS) is 10.5. The Kier molecular flexibility index (Phi) is 4.62. The molecule has 110 valence electrons. The predicted molar refractivity (Wildman–Crippen MR) is 71.7 cm³/mol. The van der Waals surface area contributed by atoms with Gasteiger partial charge in [0.1, 0.15) is 17.4 Å². The standard InChI is InChI=1S/C16H13F3O2/c1-21-15-7-2-4-10(16(15)19)8-11(20)9-12-13(17)5-3-6-14(12)18/h2-7H,8-9H2,1H3. The van der Waals surface area contributed by atoms with Crippen LogP contribution in [0.2, 0.25) is 0 Å². The molecule has 2 aromatic carbocycles. The SMILES string of the molecule is COc1cccc(CC(=O)Cc2c(F)cccc2F)c1F. The lowest BCUT2D eigenvalue weighted by atomic mass is 10.0. The molecule has 0 bridgehead atoms. The van der Waals surface area contributed by atoms with Gasteiger partial charge in [-0.1, -0.05) is 18.2 Å². The van der Waals surface area contributed by atoms with Gasteiger partial charge in [0.05, 0.1) is 7.11 Å². The second-order valence-electron chi connectivity index (χ2n) is 4.53. The number of carbonyl (C=O) groups is 1. The van der Waals surface area contributed by atoms with E-state index < -0.39 is 29.7 Å². The Hall–Kier alpha value is -2.30. The number of benzene rings is 2. The van der Waals surface area contributed by atoms with Crippen LogP contribution in [-0.2, 0) is 17.6 Å². The molecule has 0 atom stereocenters. The Labute approximate surface area is 120 Å². The lowest BCUT2D eigenvalue weighted by molar-refractivity contribution is -0.117. The van der Waals surface area contributed by atoms with Gasteiger partial charge in [-0.05, 0) is 23.8 Å². The third-order valence-corrected chi connectivity index (χ3v) is 3.09. The van der Waals surface area contributed by atoms with E-state index >= 15 is 0 Å². The summed E-state index contributed by atoms with van der Waals surface area (Å²) in [5.74, 6) is -2.66. The molecule has 0 unspecified atom stereocenters. The van der Waals surface area contributed by atoms with E-state index in [0.29, 0.717) is 0 Å². The molecule has 2 aromatic rings. The fraction of sp³-hybridized carbons (Fsp3) is 0.188. The molecule has 2 rings (SSSR count). The van der Waals surface area contributed by atoms with Crippen molar-refractivity contribution >= 4 is 5.78 Å². The molecule has 0 fully saturated rings. The van der Waals surface area contributed by atoms with Gasteiger partial charge >= 0.3 is 0 Å². The Morgan fingerprint density at radius 2 is 1.62 bits per heavy atom. The number of halogens is 3. The second-order valence-corrected chi connectivity index (χ2v) is 4.53. The number of hydrogen-bond acceptors (Lipinski definition) is 2. The lowest BCUT2D eigenvalue weighted by Gasteiger charge is -2.08. The summed E-state index contributed by atoms with van der Waals surface area (Å²) in [6, 6.07) is 7.80. The van der Waals surface area contributed by atoms with Crippen molar-refractivity contribution in [3.63, 3.8) is 0 Å². The highest BCUT2D eigenvalue weighted by atomic mass is 19.1. The molecule has 5 heteroatoms. The molecule has 0 N–H and O–H groups in total. The van der Waals surface area contributed by atoms with Gasteiger partial charge in [-0.15, -0.1) is 0 Å². The van der Waals surface area contributed by atoms with Gasteiger partial charge in [0.25, 0.3) is 0 Å². The zero-order chi connectivity index (χ0) is 15.4. The molecule has 0 amide bonds. The van der Waals surface area contributed by atoms with Crippen molar-refractivity contribution < 1.29 is 22.7 Å². The number of ether oxygens (including phenoxy) is 1. The minimum Gasteiger partial charge on any atom is -0.494 e. The van der Waals surface area contributed by atoms with Gasteiger partial charge in [0.15, 0.2) is 11.6 Å². The van der Waals surface area contributed by atoms with Crippen LogP contribution in [0.15, 0.2) is 36.4 Å². The van der Waals surface area contributed by atoms with Crippen molar-refractivity contribution in [1.29, 1.82) is 0 Å². The lowest BCUT2D eigenvalue weighted by Crippen LogP contribution is -2.11. The summed E-state index contributed by atoms with van der Waals surface area (Å²) in [4.78, 5) is 11.9. The van der Waals surface area contributed by atoms with E-state index in [1.165, 1.54) is 25.3 Å². The molecule has 0 spiro atoms. The van der Waals surface area contributed by atoms with E-state index in [2.05, 4.69) is 0 Å². The third kappa shape index (κ3) is 3.42. The molecular formula is C16H13F3O2. The molecule has 2 nitrogen and oxygen atoms in total. The van der Waals surface area contributed by atoms with Gasteiger partial charge in [-0.3, -0.25) is 4.79 Å². The third-order valence-electron chi connectivity index (χ3n) is 3.09. The van der Waals surface area contributed by atoms with Crippen LogP contribution in [0.3, 0.4) is 0 Å². The molecular weight excluding hydrogens is 281 g/mol. The fourth-order valence-corrected chi connectivity index (χ4v) is 2.02. The fourth-order valence-electron chi connectivity index (χ4n) is 2.02. The number of hydrogen-bond donors (Lipinski definition) is 0. The number of rotatable bonds is 5. The Bertz CT molecular complexity index is 648. The number of carbonyl (C=O) groups excluding carboxylic acids is 1. The maximum Gasteiger partial charge on any atom is 0.168 e. The van der Waals surface area contributed by atoms with Crippen LogP contribution in [0.5, 0.6) is 5.75 Å². The topological polar surface area (TPSA) is 26.3 Å². The van der Waals surface area contributed by atoms with Crippen LogP contribution < -0.4 is 4.74 Å². The molecule has 0 heterocycles. The summed E-state index contributed by atoms with van der Waals surface area (Å²) in [7, 11) is 1.32. The predicted octanol–water partition coefficient (Wildman–Crippen LogP) is 3.47.